The molecule has 0 bridgehead atoms. The molecule has 1 heterocycles. The number of piperidine rings is 1. The van der Waals surface area contributed by atoms with Crippen molar-refractivity contribution in [1.82, 2.24) is 4.90 Å². The first-order chi connectivity index (χ1) is 9.16. The van der Waals surface area contributed by atoms with Crippen molar-refractivity contribution >= 4 is 23.3 Å². The largest absolute Gasteiger partial charge is 0.478 e. The predicted octanol–water partition coefficient (Wildman–Crippen LogP) is 2.94. The zero-order valence-corrected chi connectivity index (χ0v) is 11.6. The molecule has 104 valence electrons. The highest BCUT2D eigenvalue weighted by Gasteiger charge is 2.12. The molecule has 1 fully saturated rings. The lowest BCUT2D eigenvalue weighted by Gasteiger charge is -2.26. The van der Waals surface area contributed by atoms with Crippen molar-refractivity contribution in [1.29, 1.82) is 0 Å². The Labute approximate surface area is 118 Å². The fourth-order valence-corrected chi connectivity index (χ4v) is 2.55. The van der Waals surface area contributed by atoms with Crippen LogP contribution in [0.15, 0.2) is 18.2 Å². The van der Waals surface area contributed by atoms with Gasteiger partial charge in [-0.05, 0) is 44.1 Å². The number of anilines is 1. The number of benzene rings is 1. The Morgan fingerprint density at radius 1 is 1.32 bits per heavy atom. The van der Waals surface area contributed by atoms with Crippen LogP contribution >= 0.6 is 11.6 Å². The molecule has 0 atom stereocenters. The predicted molar refractivity (Wildman–Crippen MR) is 77.2 cm³/mol. The van der Waals surface area contributed by atoms with Crippen LogP contribution in [0.1, 0.15) is 29.6 Å². The molecule has 0 aliphatic carbocycles. The second kappa shape index (κ2) is 6.78. The van der Waals surface area contributed by atoms with Crippen LogP contribution in [0.3, 0.4) is 0 Å². The second-order valence-electron chi connectivity index (χ2n) is 4.82. The topological polar surface area (TPSA) is 52.6 Å². The third kappa shape index (κ3) is 4.11. The summed E-state index contributed by atoms with van der Waals surface area (Å²) in [6.45, 7) is 3.99. The lowest BCUT2D eigenvalue weighted by Crippen LogP contribution is -2.33. The third-order valence-electron chi connectivity index (χ3n) is 3.40. The summed E-state index contributed by atoms with van der Waals surface area (Å²) in [6, 6.07) is 4.91. The Balaban J connectivity index is 1.89. The fraction of sp³-hybridized carbons (Fsp3) is 0.500. The van der Waals surface area contributed by atoms with Gasteiger partial charge >= 0.3 is 5.97 Å². The van der Waals surface area contributed by atoms with E-state index in [9.17, 15) is 4.79 Å². The molecule has 0 radical (unpaired) electrons. The van der Waals surface area contributed by atoms with Gasteiger partial charge in [0.1, 0.15) is 0 Å². The van der Waals surface area contributed by atoms with Crippen LogP contribution in [-0.2, 0) is 0 Å². The van der Waals surface area contributed by atoms with E-state index in [4.69, 9.17) is 16.7 Å². The summed E-state index contributed by atoms with van der Waals surface area (Å²) < 4.78 is 0. The van der Waals surface area contributed by atoms with Crippen molar-refractivity contribution in [3.8, 4) is 0 Å². The highest BCUT2D eigenvalue weighted by molar-refractivity contribution is 6.31. The Morgan fingerprint density at radius 2 is 2.05 bits per heavy atom. The molecule has 1 aliphatic rings. The van der Waals surface area contributed by atoms with E-state index in [0.717, 1.165) is 26.2 Å². The van der Waals surface area contributed by atoms with E-state index >= 15 is 0 Å². The number of carboxylic acids is 1. The summed E-state index contributed by atoms with van der Waals surface area (Å²) in [4.78, 5) is 13.5. The highest BCUT2D eigenvalue weighted by Crippen LogP contribution is 2.20. The zero-order chi connectivity index (χ0) is 13.7. The van der Waals surface area contributed by atoms with E-state index in [0.29, 0.717) is 10.7 Å². The minimum atomic E-state index is -0.956. The fourth-order valence-electron chi connectivity index (χ4n) is 2.38. The quantitative estimate of drug-likeness (QED) is 0.872. The molecule has 5 heteroatoms. The number of hydrogen-bond acceptors (Lipinski definition) is 3. The number of carboxylic acid groups (broad SMARTS) is 1. The number of nitrogens with one attached hydrogen (secondary N) is 1. The maximum atomic E-state index is 11.1. The molecule has 2 rings (SSSR count). The summed E-state index contributed by atoms with van der Waals surface area (Å²) in [6.07, 6.45) is 3.85. The first kappa shape index (κ1) is 14.2. The summed E-state index contributed by atoms with van der Waals surface area (Å²) >= 11 is 5.82. The van der Waals surface area contributed by atoms with E-state index in [1.807, 2.05) is 0 Å². The van der Waals surface area contributed by atoms with E-state index in [1.54, 1.807) is 12.1 Å². The Hall–Kier alpha value is -1.26. The van der Waals surface area contributed by atoms with Gasteiger partial charge in [-0.3, -0.25) is 0 Å². The normalized spacial score (nSPS) is 16.3. The minimum absolute atomic E-state index is 0.228. The number of nitrogens with zero attached hydrogens (tertiary/aromatic N) is 1. The SMILES string of the molecule is O=C(O)c1cc(Cl)ccc1NCCN1CCCCC1. The van der Waals surface area contributed by atoms with Gasteiger partial charge in [0.2, 0.25) is 0 Å². The molecule has 4 nitrogen and oxygen atoms in total. The van der Waals surface area contributed by atoms with Crippen LogP contribution in [0.4, 0.5) is 5.69 Å². The van der Waals surface area contributed by atoms with Crippen LogP contribution < -0.4 is 5.32 Å². The van der Waals surface area contributed by atoms with Crippen molar-refractivity contribution in [3.05, 3.63) is 28.8 Å². The summed E-state index contributed by atoms with van der Waals surface area (Å²) in [5.74, 6) is -0.956. The average Bonchev–Trinajstić information content (AvgIpc) is 2.41. The van der Waals surface area contributed by atoms with Gasteiger partial charge in [-0.2, -0.15) is 0 Å². The summed E-state index contributed by atoms with van der Waals surface area (Å²) in [5, 5.41) is 12.8. The number of likely N-dealkylation sites (tertiary alicyclic amines) is 1. The van der Waals surface area contributed by atoms with Crippen LogP contribution in [0, 0.1) is 0 Å². The monoisotopic (exact) mass is 282 g/mol. The number of halogens is 1. The molecule has 1 aliphatic heterocycles. The summed E-state index contributed by atoms with van der Waals surface area (Å²) in [5.41, 5.74) is 0.861. The van der Waals surface area contributed by atoms with Gasteiger partial charge in [-0.1, -0.05) is 18.0 Å². The maximum absolute atomic E-state index is 11.1. The van der Waals surface area contributed by atoms with E-state index in [-0.39, 0.29) is 5.56 Å². The van der Waals surface area contributed by atoms with Crippen molar-refractivity contribution in [2.45, 2.75) is 19.3 Å². The third-order valence-corrected chi connectivity index (χ3v) is 3.64. The highest BCUT2D eigenvalue weighted by atomic mass is 35.5. The first-order valence-electron chi connectivity index (χ1n) is 6.66. The molecular formula is C14H19ClN2O2. The molecule has 1 saturated heterocycles. The second-order valence-corrected chi connectivity index (χ2v) is 5.26. The van der Waals surface area contributed by atoms with Crippen molar-refractivity contribution in [2.24, 2.45) is 0 Å². The van der Waals surface area contributed by atoms with E-state index in [2.05, 4.69) is 10.2 Å². The number of hydrogen-bond donors (Lipinski definition) is 2. The Morgan fingerprint density at radius 3 is 2.74 bits per heavy atom. The van der Waals surface area contributed by atoms with Crippen LogP contribution in [0.25, 0.3) is 0 Å². The van der Waals surface area contributed by atoms with Gasteiger partial charge in [0.15, 0.2) is 0 Å². The van der Waals surface area contributed by atoms with Crippen molar-refractivity contribution < 1.29 is 9.90 Å². The molecule has 19 heavy (non-hydrogen) atoms. The minimum Gasteiger partial charge on any atom is -0.478 e. The van der Waals surface area contributed by atoms with Gasteiger partial charge in [0, 0.05) is 23.8 Å². The number of aromatic carboxylic acids is 1. The van der Waals surface area contributed by atoms with Crippen LogP contribution in [0.2, 0.25) is 5.02 Å². The number of rotatable bonds is 5. The molecular weight excluding hydrogens is 264 g/mol. The maximum Gasteiger partial charge on any atom is 0.337 e. The average molecular weight is 283 g/mol. The molecule has 0 aromatic heterocycles. The Bertz CT molecular complexity index is 445. The molecule has 0 spiro atoms. The number of carbonyl (C=O) groups is 1. The zero-order valence-electron chi connectivity index (χ0n) is 10.9. The smallest absolute Gasteiger partial charge is 0.337 e. The van der Waals surface area contributed by atoms with Crippen molar-refractivity contribution in [2.75, 3.05) is 31.5 Å². The lowest BCUT2D eigenvalue weighted by molar-refractivity contribution is 0.0698. The Kier molecular flexibility index (Phi) is 5.05. The van der Waals surface area contributed by atoms with Gasteiger partial charge in [0.25, 0.3) is 0 Å². The van der Waals surface area contributed by atoms with Gasteiger partial charge in [0.05, 0.1) is 5.56 Å². The molecule has 2 N–H and O–H groups in total. The molecule has 0 amide bonds. The lowest BCUT2D eigenvalue weighted by atomic mass is 10.1. The van der Waals surface area contributed by atoms with Gasteiger partial charge in [-0.25, -0.2) is 4.79 Å². The molecule has 1 aromatic rings. The summed E-state index contributed by atoms with van der Waals surface area (Å²) in [7, 11) is 0. The first-order valence-corrected chi connectivity index (χ1v) is 7.03. The van der Waals surface area contributed by atoms with Crippen LogP contribution in [0.5, 0.6) is 0 Å². The standard InChI is InChI=1S/C14H19ClN2O2/c15-11-4-5-13(12(10-11)14(18)19)16-6-9-17-7-2-1-3-8-17/h4-5,10,16H,1-3,6-9H2,(H,18,19). The van der Waals surface area contributed by atoms with E-state index < -0.39 is 5.97 Å². The van der Waals surface area contributed by atoms with Crippen molar-refractivity contribution in [3.63, 3.8) is 0 Å². The molecule has 0 saturated carbocycles. The van der Waals surface area contributed by atoms with Crippen LogP contribution in [-0.4, -0.2) is 42.2 Å². The van der Waals surface area contributed by atoms with E-state index in [1.165, 1.54) is 25.3 Å². The molecule has 0 unspecified atom stereocenters. The van der Waals surface area contributed by atoms with Gasteiger partial charge in [-0.15, -0.1) is 0 Å². The molecule has 1 aromatic carbocycles. The van der Waals surface area contributed by atoms with Gasteiger partial charge < -0.3 is 15.3 Å².